The zero-order valence-electron chi connectivity index (χ0n) is 9.01. The Bertz CT molecular complexity index is 539. The lowest BCUT2D eigenvalue weighted by molar-refractivity contribution is 0.112. The van der Waals surface area contributed by atoms with Crippen molar-refractivity contribution in [3.8, 4) is 5.75 Å². The van der Waals surface area contributed by atoms with Crippen molar-refractivity contribution in [2.24, 2.45) is 0 Å². The lowest BCUT2D eigenvalue weighted by Gasteiger charge is -2.05. The van der Waals surface area contributed by atoms with Gasteiger partial charge >= 0.3 is 0 Å². The monoisotopic (exact) mass is 252 g/mol. The summed E-state index contributed by atoms with van der Waals surface area (Å²) in [4.78, 5) is 14.5. The fraction of sp³-hybridized carbons (Fsp3) is 0.182. The second-order valence-electron chi connectivity index (χ2n) is 3.33. The van der Waals surface area contributed by atoms with Crippen LogP contribution < -0.4 is 4.74 Å². The van der Waals surface area contributed by atoms with E-state index in [0.717, 1.165) is 6.29 Å². The Balaban J connectivity index is 2.06. The first kappa shape index (κ1) is 11.6. The number of hydrogen-bond donors (Lipinski definition) is 0. The molecule has 1 heterocycles. The molecule has 0 amide bonds. The average molecular weight is 253 g/mol. The van der Waals surface area contributed by atoms with E-state index in [9.17, 15) is 4.79 Å². The predicted octanol–water partition coefficient (Wildman–Crippen LogP) is 2.42. The van der Waals surface area contributed by atoms with Gasteiger partial charge in [0.25, 0.3) is 5.89 Å². The van der Waals surface area contributed by atoms with Crippen molar-refractivity contribution in [1.29, 1.82) is 0 Å². The van der Waals surface area contributed by atoms with Gasteiger partial charge in [0.05, 0.1) is 5.02 Å². The second kappa shape index (κ2) is 4.97. The van der Waals surface area contributed by atoms with E-state index in [2.05, 4.69) is 10.1 Å². The summed E-state index contributed by atoms with van der Waals surface area (Å²) in [6.07, 6.45) is 0.719. The van der Waals surface area contributed by atoms with Crippen LogP contribution >= 0.6 is 11.6 Å². The van der Waals surface area contributed by atoms with E-state index < -0.39 is 0 Å². The number of ether oxygens (including phenoxy) is 1. The predicted molar refractivity (Wildman–Crippen MR) is 60.2 cm³/mol. The highest BCUT2D eigenvalue weighted by Crippen LogP contribution is 2.25. The first-order valence-electron chi connectivity index (χ1n) is 4.86. The molecule has 0 aliphatic heterocycles. The molecular weight excluding hydrogens is 244 g/mol. The molecule has 0 unspecified atom stereocenters. The molecule has 0 fully saturated rings. The van der Waals surface area contributed by atoms with Crippen molar-refractivity contribution < 1.29 is 14.1 Å². The summed E-state index contributed by atoms with van der Waals surface area (Å²) in [6, 6.07) is 4.77. The molecule has 88 valence electrons. The first-order valence-corrected chi connectivity index (χ1v) is 5.23. The maximum Gasteiger partial charge on any atom is 0.264 e. The minimum Gasteiger partial charge on any atom is -0.482 e. The highest BCUT2D eigenvalue weighted by atomic mass is 35.5. The van der Waals surface area contributed by atoms with Gasteiger partial charge in [0, 0.05) is 5.56 Å². The molecule has 6 heteroatoms. The molecule has 0 bridgehead atoms. The first-order chi connectivity index (χ1) is 8.19. The highest BCUT2D eigenvalue weighted by molar-refractivity contribution is 6.32. The van der Waals surface area contributed by atoms with Crippen LogP contribution in [-0.2, 0) is 6.61 Å². The van der Waals surface area contributed by atoms with Crippen LogP contribution in [0.1, 0.15) is 22.1 Å². The van der Waals surface area contributed by atoms with Gasteiger partial charge in [-0.15, -0.1) is 0 Å². The summed E-state index contributed by atoms with van der Waals surface area (Å²) in [5.41, 5.74) is 0.496. The van der Waals surface area contributed by atoms with Gasteiger partial charge in [-0.25, -0.2) is 0 Å². The molecular formula is C11H9ClN2O3. The Hall–Kier alpha value is -1.88. The number of aldehydes is 1. The molecule has 5 nitrogen and oxygen atoms in total. The lowest BCUT2D eigenvalue weighted by Crippen LogP contribution is -1.96. The van der Waals surface area contributed by atoms with Gasteiger partial charge in [0.1, 0.15) is 12.0 Å². The molecule has 0 aliphatic rings. The third-order valence-corrected chi connectivity index (χ3v) is 2.31. The highest BCUT2D eigenvalue weighted by Gasteiger charge is 2.06. The fourth-order valence-corrected chi connectivity index (χ4v) is 1.49. The summed E-state index contributed by atoms with van der Waals surface area (Å²) in [5, 5.41) is 4.00. The average Bonchev–Trinajstić information content (AvgIpc) is 2.73. The molecule has 1 aromatic heterocycles. The fourth-order valence-electron chi connectivity index (χ4n) is 1.25. The maximum absolute atomic E-state index is 10.5. The van der Waals surface area contributed by atoms with Crippen LogP contribution in [0.15, 0.2) is 22.7 Å². The Morgan fingerprint density at radius 3 is 2.94 bits per heavy atom. The minimum absolute atomic E-state index is 0.140. The van der Waals surface area contributed by atoms with Crippen molar-refractivity contribution in [3.63, 3.8) is 0 Å². The van der Waals surface area contributed by atoms with Crippen molar-refractivity contribution in [3.05, 3.63) is 40.5 Å². The summed E-state index contributed by atoms with van der Waals surface area (Å²) >= 11 is 5.93. The topological polar surface area (TPSA) is 65.2 Å². The zero-order valence-corrected chi connectivity index (χ0v) is 9.77. The minimum atomic E-state index is 0.140. The van der Waals surface area contributed by atoms with Crippen LogP contribution in [0.3, 0.4) is 0 Å². The van der Waals surface area contributed by atoms with E-state index in [1.807, 2.05) is 0 Å². The molecule has 2 aromatic rings. The van der Waals surface area contributed by atoms with Gasteiger partial charge < -0.3 is 9.26 Å². The van der Waals surface area contributed by atoms with Crippen molar-refractivity contribution in [2.45, 2.75) is 13.5 Å². The van der Waals surface area contributed by atoms with E-state index >= 15 is 0 Å². The van der Waals surface area contributed by atoms with E-state index in [0.29, 0.717) is 28.1 Å². The molecule has 0 aliphatic carbocycles. The molecule has 2 rings (SSSR count). The quantitative estimate of drug-likeness (QED) is 0.782. The number of halogens is 1. The van der Waals surface area contributed by atoms with Gasteiger partial charge in [-0.1, -0.05) is 16.8 Å². The number of aromatic nitrogens is 2. The summed E-state index contributed by atoms with van der Waals surface area (Å²) in [7, 11) is 0. The molecule has 0 N–H and O–H groups in total. The van der Waals surface area contributed by atoms with Gasteiger partial charge in [-0.05, 0) is 25.1 Å². The standard InChI is InChI=1S/C11H9ClN2O3/c1-7-13-11(17-14-7)6-16-10-3-2-8(5-15)4-9(10)12/h2-5H,6H2,1H3. The maximum atomic E-state index is 10.5. The van der Waals surface area contributed by atoms with E-state index in [1.165, 1.54) is 6.07 Å². The molecule has 0 radical (unpaired) electrons. The number of rotatable bonds is 4. The third-order valence-electron chi connectivity index (χ3n) is 2.01. The molecule has 0 saturated heterocycles. The van der Waals surface area contributed by atoms with Crippen LogP contribution in [0, 0.1) is 6.92 Å². The van der Waals surface area contributed by atoms with Crippen molar-refractivity contribution in [2.75, 3.05) is 0 Å². The summed E-state index contributed by atoms with van der Waals surface area (Å²) in [6.45, 7) is 1.86. The Morgan fingerprint density at radius 2 is 2.35 bits per heavy atom. The smallest absolute Gasteiger partial charge is 0.264 e. The van der Waals surface area contributed by atoms with E-state index in [4.69, 9.17) is 20.9 Å². The molecule has 0 atom stereocenters. The number of hydrogen-bond acceptors (Lipinski definition) is 5. The van der Waals surface area contributed by atoms with Gasteiger partial charge in [0.15, 0.2) is 12.4 Å². The van der Waals surface area contributed by atoms with Crippen molar-refractivity contribution in [1.82, 2.24) is 10.1 Å². The third kappa shape index (κ3) is 2.82. The van der Waals surface area contributed by atoms with E-state index in [1.54, 1.807) is 19.1 Å². The largest absolute Gasteiger partial charge is 0.482 e. The van der Waals surface area contributed by atoms with Gasteiger partial charge in [-0.3, -0.25) is 4.79 Å². The molecule has 1 aromatic carbocycles. The zero-order chi connectivity index (χ0) is 12.3. The van der Waals surface area contributed by atoms with Crippen molar-refractivity contribution >= 4 is 17.9 Å². The lowest BCUT2D eigenvalue weighted by atomic mass is 10.2. The van der Waals surface area contributed by atoms with Gasteiger partial charge in [0.2, 0.25) is 0 Å². The van der Waals surface area contributed by atoms with Crippen LogP contribution in [-0.4, -0.2) is 16.4 Å². The Kier molecular flexibility index (Phi) is 3.39. The van der Waals surface area contributed by atoms with E-state index in [-0.39, 0.29) is 6.61 Å². The Morgan fingerprint density at radius 1 is 1.53 bits per heavy atom. The SMILES string of the molecule is Cc1noc(COc2ccc(C=O)cc2Cl)n1. The molecule has 0 spiro atoms. The van der Waals surface area contributed by atoms with Crippen LogP contribution in [0.2, 0.25) is 5.02 Å². The Labute approximate surface area is 102 Å². The molecule has 0 saturated carbocycles. The summed E-state index contributed by atoms with van der Waals surface area (Å²) in [5.74, 6) is 1.39. The number of benzene rings is 1. The van der Waals surface area contributed by atoms with Crippen LogP contribution in [0.4, 0.5) is 0 Å². The normalized spacial score (nSPS) is 10.2. The second-order valence-corrected chi connectivity index (χ2v) is 3.74. The number of nitrogens with zero attached hydrogens (tertiary/aromatic N) is 2. The van der Waals surface area contributed by atoms with Crippen LogP contribution in [0.25, 0.3) is 0 Å². The number of carbonyl (C=O) groups is 1. The van der Waals surface area contributed by atoms with Gasteiger partial charge in [-0.2, -0.15) is 4.98 Å². The van der Waals surface area contributed by atoms with Crippen LogP contribution in [0.5, 0.6) is 5.75 Å². The summed E-state index contributed by atoms with van der Waals surface area (Å²) < 4.78 is 10.3. The number of aryl methyl sites for hydroxylation is 1. The number of carbonyl (C=O) groups excluding carboxylic acids is 1. The molecule has 17 heavy (non-hydrogen) atoms.